The Hall–Kier alpha value is -5.46. The quantitative estimate of drug-likeness (QED) is 0.196. The van der Waals surface area contributed by atoms with Gasteiger partial charge >= 0.3 is 0 Å². The summed E-state index contributed by atoms with van der Waals surface area (Å²) in [5.74, 6) is 0. The first-order chi connectivity index (χ1) is 21.8. The number of hydrogen-bond acceptors (Lipinski definition) is 0. The van der Waals surface area contributed by atoms with Crippen LogP contribution in [0.1, 0.15) is 28.7 Å². The first kappa shape index (κ1) is 26.2. The maximum absolute atomic E-state index is 4.36. The maximum Gasteiger partial charge on any atom is -0.00203 e. The number of allylic oxidation sites excluding steroid dienone is 1. The van der Waals surface area contributed by atoms with E-state index in [1.54, 1.807) is 0 Å². The molecule has 0 aromatic heterocycles. The molecule has 0 atom stereocenters. The van der Waals surface area contributed by atoms with Crippen molar-refractivity contribution >= 4 is 50.5 Å². The van der Waals surface area contributed by atoms with Crippen LogP contribution in [0.25, 0.3) is 83.9 Å². The monoisotopic (exact) mass is 560 g/mol. The van der Waals surface area contributed by atoms with E-state index in [2.05, 4.69) is 147 Å². The van der Waals surface area contributed by atoms with Crippen molar-refractivity contribution in [3.8, 4) is 33.4 Å². The molecule has 0 amide bonds. The number of hydrogen-bond donors (Lipinski definition) is 0. The summed E-state index contributed by atoms with van der Waals surface area (Å²) < 4.78 is 0. The molecule has 0 saturated carbocycles. The van der Waals surface area contributed by atoms with Crippen LogP contribution in [0.5, 0.6) is 0 Å². The van der Waals surface area contributed by atoms with Crippen molar-refractivity contribution in [2.75, 3.05) is 0 Å². The summed E-state index contributed by atoms with van der Waals surface area (Å²) in [6.45, 7) is 8.71. The van der Waals surface area contributed by atoms with Crippen molar-refractivity contribution in [2.24, 2.45) is 0 Å². The zero-order chi connectivity index (χ0) is 29.6. The molecule has 8 rings (SSSR count). The van der Waals surface area contributed by atoms with E-state index in [-0.39, 0.29) is 0 Å². The molecule has 0 spiro atoms. The summed E-state index contributed by atoms with van der Waals surface area (Å²) in [4.78, 5) is 0. The van der Waals surface area contributed by atoms with Gasteiger partial charge in [-0.2, -0.15) is 0 Å². The van der Waals surface area contributed by atoms with Crippen LogP contribution in [0.3, 0.4) is 0 Å². The number of rotatable bonds is 5. The van der Waals surface area contributed by atoms with Gasteiger partial charge in [0.25, 0.3) is 0 Å². The number of aryl methyl sites for hydroxylation is 1. The fourth-order valence-corrected chi connectivity index (χ4v) is 7.30. The molecular weight excluding hydrogens is 528 g/mol. The van der Waals surface area contributed by atoms with Crippen molar-refractivity contribution < 1.29 is 0 Å². The molecule has 1 aliphatic carbocycles. The van der Waals surface area contributed by atoms with E-state index in [0.717, 1.165) is 24.0 Å². The topological polar surface area (TPSA) is 0 Å². The van der Waals surface area contributed by atoms with Gasteiger partial charge in [-0.3, -0.25) is 0 Å². The minimum absolute atomic E-state index is 1.09. The molecule has 0 aliphatic heterocycles. The van der Waals surface area contributed by atoms with Gasteiger partial charge in [0, 0.05) is 0 Å². The van der Waals surface area contributed by atoms with Gasteiger partial charge in [-0.15, -0.1) is 0 Å². The normalized spacial score (nSPS) is 12.5. The Morgan fingerprint density at radius 1 is 0.500 bits per heavy atom. The average molecular weight is 561 g/mol. The van der Waals surface area contributed by atoms with Crippen LogP contribution in [0, 0.1) is 0 Å². The van der Waals surface area contributed by atoms with Crippen LogP contribution in [-0.2, 0) is 6.42 Å². The Bertz CT molecular complexity index is 2310. The Morgan fingerprint density at radius 3 is 1.77 bits per heavy atom. The van der Waals surface area contributed by atoms with Crippen LogP contribution >= 0.6 is 0 Å². The van der Waals surface area contributed by atoms with Gasteiger partial charge in [0.2, 0.25) is 0 Å². The summed E-state index contributed by atoms with van der Waals surface area (Å²) in [6, 6.07) is 44.4. The molecule has 7 aromatic rings. The minimum atomic E-state index is 1.09. The molecule has 208 valence electrons. The molecular formula is C44H32. The molecule has 7 aromatic carbocycles. The first-order valence-corrected chi connectivity index (χ1v) is 15.4. The van der Waals surface area contributed by atoms with Crippen LogP contribution in [0.2, 0.25) is 0 Å². The lowest BCUT2D eigenvalue weighted by atomic mass is 9.81. The molecule has 0 heterocycles. The number of fused-ring (bicyclic) bond motifs is 4. The Labute approximate surface area is 258 Å². The predicted octanol–water partition coefficient (Wildman–Crippen LogP) is 12.4. The second kappa shape index (κ2) is 10.7. The molecule has 0 radical (unpaired) electrons. The zero-order valence-corrected chi connectivity index (χ0v) is 24.7. The van der Waals surface area contributed by atoms with Gasteiger partial charge < -0.3 is 0 Å². The lowest BCUT2D eigenvalue weighted by Crippen LogP contribution is -1.98. The van der Waals surface area contributed by atoms with E-state index in [1.807, 2.05) is 12.2 Å². The van der Waals surface area contributed by atoms with Crippen LogP contribution in [0.4, 0.5) is 0 Å². The fraction of sp³-hybridized carbons (Fsp3) is 0.0455. The second-order valence-corrected chi connectivity index (χ2v) is 11.6. The molecule has 44 heavy (non-hydrogen) atoms. The molecule has 0 saturated heterocycles. The SMILES string of the molecule is C=Cc1c(C=C)c(-c2ccc(-c3ccc4c(c3)CCC=C4)c3ccccc23)c2ccccc2c1-c1cccc2ccccc12. The maximum atomic E-state index is 4.36. The van der Waals surface area contributed by atoms with Crippen LogP contribution in [-0.4, -0.2) is 0 Å². The van der Waals surface area contributed by atoms with Gasteiger partial charge in [-0.25, -0.2) is 0 Å². The molecule has 0 heteroatoms. The van der Waals surface area contributed by atoms with Crippen LogP contribution < -0.4 is 0 Å². The third kappa shape index (κ3) is 4.07. The van der Waals surface area contributed by atoms with Gasteiger partial charge in [0.15, 0.2) is 0 Å². The van der Waals surface area contributed by atoms with E-state index < -0.39 is 0 Å². The number of benzene rings is 7. The first-order valence-electron chi connectivity index (χ1n) is 15.4. The molecule has 0 nitrogen and oxygen atoms in total. The summed E-state index contributed by atoms with van der Waals surface area (Å²) >= 11 is 0. The Balaban J connectivity index is 1.43. The molecule has 0 unspecified atom stereocenters. The summed E-state index contributed by atoms with van der Waals surface area (Å²) in [7, 11) is 0. The second-order valence-electron chi connectivity index (χ2n) is 11.6. The highest BCUT2D eigenvalue weighted by Gasteiger charge is 2.21. The third-order valence-corrected chi connectivity index (χ3v) is 9.29. The van der Waals surface area contributed by atoms with E-state index >= 15 is 0 Å². The van der Waals surface area contributed by atoms with Crippen molar-refractivity contribution in [1.82, 2.24) is 0 Å². The fourth-order valence-electron chi connectivity index (χ4n) is 7.30. The molecule has 0 fully saturated rings. The van der Waals surface area contributed by atoms with E-state index in [0.29, 0.717) is 0 Å². The van der Waals surface area contributed by atoms with E-state index in [4.69, 9.17) is 0 Å². The zero-order valence-electron chi connectivity index (χ0n) is 24.7. The average Bonchev–Trinajstić information content (AvgIpc) is 3.09. The van der Waals surface area contributed by atoms with Crippen molar-refractivity contribution in [3.05, 3.63) is 163 Å². The van der Waals surface area contributed by atoms with Crippen molar-refractivity contribution in [1.29, 1.82) is 0 Å². The largest absolute Gasteiger partial charge is 0.0984 e. The Kier molecular flexibility index (Phi) is 6.35. The molecule has 0 bridgehead atoms. The van der Waals surface area contributed by atoms with Crippen molar-refractivity contribution in [3.63, 3.8) is 0 Å². The third-order valence-electron chi connectivity index (χ3n) is 9.29. The smallest absolute Gasteiger partial charge is 0.00203 e. The minimum Gasteiger partial charge on any atom is -0.0984 e. The van der Waals surface area contributed by atoms with Crippen molar-refractivity contribution in [2.45, 2.75) is 12.8 Å². The molecule has 1 aliphatic rings. The van der Waals surface area contributed by atoms with Gasteiger partial charge in [0.05, 0.1) is 0 Å². The summed E-state index contributed by atoms with van der Waals surface area (Å²) in [5, 5.41) is 7.40. The highest BCUT2D eigenvalue weighted by Crippen LogP contribution is 2.47. The van der Waals surface area contributed by atoms with Gasteiger partial charge in [0.1, 0.15) is 0 Å². The Morgan fingerprint density at radius 2 is 1.07 bits per heavy atom. The standard InChI is InChI=1S/C44H32/c1-3-33-34(4-2)44(41-22-12-11-21-40(41)43(33)39-23-13-17-30-15-7-8-18-35(30)39)42-27-26-36(37-19-9-10-20-38(37)42)32-25-24-29-14-5-6-16-31(29)28-32/h3-5,7-15,17-28H,1-2,6,16H2. The molecule has 0 N–H and O–H groups in total. The van der Waals surface area contributed by atoms with Gasteiger partial charge in [-0.1, -0.05) is 159 Å². The van der Waals surface area contributed by atoms with Gasteiger partial charge in [-0.05, 0) is 101 Å². The predicted molar refractivity (Wildman–Crippen MR) is 193 cm³/mol. The lowest BCUT2D eigenvalue weighted by molar-refractivity contribution is 0.986. The van der Waals surface area contributed by atoms with E-state index in [9.17, 15) is 0 Å². The summed E-state index contributed by atoms with van der Waals surface area (Å²) in [5.41, 5.74) is 12.4. The summed E-state index contributed by atoms with van der Waals surface area (Å²) in [6.07, 6.45) is 10.8. The highest BCUT2D eigenvalue weighted by molar-refractivity contribution is 6.18. The highest BCUT2D eigenvalue weighted by atomic mass is 14.2. The lowest BCUT2D eigenvalue weighted by Gasteiger charge is -2.22. The van der Waals surface area contributed by atoms with E-state index in [1.165, 1.54) is 76.8 Å². The van der Waals surface area contributed by atoms with Crippen LogP contribution in [0.15, 0.2) is 141 Å².